The van der Waals surface area contributed by atoms with Crippen LogP contribution in [0, 0.1) is 16.7 Å². The monoisotopic (exact) mass is 599 g/mol. The molecule has 3 aromatic rings. The van der Waals surface area contributed by atoms with Gasteiger partial charge in [0.2, 0.25) is 5.91 Å². The molecule has 1 saturated heterocycles. The van der Waals surface area contributed by atoms with Crippen molar-refractivity contribution in [2.75, 3.05) is 58.9 Å². The fourth-order valence-electron chi connectivity index (χ4n) is 4.73. The molecule has 11 heteroatoms. The summed E-state index contributed by atoms with van der Waals surface area (Å²) in [5.74, 6) is 1.74. The Morgan fingerprint density at radius 3 is 2.37 bits per heavy atom. The van der Waals surface area contributed by atoms with Gasteiger partial charge in [0, 0.05) is 61.9 Å². The second-order valence-corrected chi connectivity index (χ2v) is 11.7. The van der Waals surface area contributed by atoms with Crippen LogP contribution in [0.25, 0.3) is 10.9 Å². The molecule has 0 bridgehead atoms. The number of halogens is 2. The van der Waals surface area contributed by atoms with Crippen LogP contribution in [0.15, 0.2) is 30.5 Å². The Bertz CT molecular complexity index is 1460. The lowest BCUT2D eigenvalue weighted by Crippen LogP contribution is -2.51. The third kappa shape index (κ3) is 7.07. The lowest BCUT2D eigenvalue weighted by atomic mass is 9.94. The second-order valence-electron chi connectivity index (χ2n) is 10.9. The van der Waals surface area contributed by atoms with Gasteiger partial charge in [-0.2, -0.15) is 5.26 Å². The molecular formula is C30H35Cl2N5O4. The Balaban J connectivity index is 1.45. The average Bonchev–Trinajstić information content (AvgIpc) is 2.95. The predicted octanol–water partition coefficient (Wildman–Crippen LogP) is 6.13. The van der Waals surface area contributed by atoms with Crippen molar-refractivity contribution in [2.24, 2.45) is 5.41 Å². The standard InChI is InChI=1S/C30H35Cl2N5O4/c1-30(2,3)29(38)37-10-8-36(9-11-37)7-6-12-41-27-15-23-20(13-26(27)40-5)28(19(17-33)18-34-23)35-24-16-25(39-4)22(32)14-21(24)31/h13-16,18H,6-12H2,1-5H3,(H,34,35). The van der Waals surface area contributed by atoms with Gasteiger partial charge >= 0.3 is 0 Å². The largest absolute Gasteiger partial charge is 0.495 e. The van der Waals surface area contributed by atoms with Crippen LogP contribution >= 0.6 is 23.2 Å². The first-order valence-corrected chi connectivity index (χ1v) is 14.2. The van der Waals surface area contributed by atoms with E-state index in [4.69, 9.17) is 37.4 Å². The van der Waals surface area contributed by atoms with E-state index >= 15 is 0 Å². The first kappa shape index (κ1) is 30.5. The molecule has 1 aliphatic rings. The quantitative estimate of drug-likeness (QED) is 0.293. The van der Waals surface area contributed by atoms with Crippen molar-refractivity contribution < 1.29 is 19.0 Å². The molecule has 4 rings (SSSR count). The van der Waals surface area contributed by atoms with E-state index in [-0.39, 0.29) is 11.3 Å². The van der Waals surface area contributed by atoms with Gasteiger partial charge in [-0.15, -0.1) is 0 Å². The number of nitriles is 1. The van der Waals surface area contributed by atoms with Gasteiger partial charge < -0.3 is 24.4 Å². The van der Waals surface area contributed by atoms with Crippen molar-refractivity contribution in [1.29, 1.82) is 5.26 Å². The first-order chi connectivity index (χ1) is 19.5. The van der Waals surface area contributed by atoms with E-state index in [0.717, 1.165) is 39.1 Å². The lowest BCUT2D eigenvalue weighted by molar-refractivity contribution is -0.141. The highest BCUT2D eigenvalue weighted by Crippen LogP contribution is 2.40. The molecule has 1 amide bonds. The third-order valence-corrected chi connectivity index (χ3v) is 7.56. The number of amides is 1. The van der Waals surface area contributed by atoms with Crippen LogP contribution < -0.4 is 19.5 Å². The van der Waals surface area contributed by atoms with Gasteiger partial charge in [-0.05, 0) is 18.6 Å². The molecule has 2 heterocycles. The van der Waals surface area contributed by atoms with Crippen LogP contribution in [-0.4, -0.2) is 74.2 Å². The number of nitrogens with one attached hydrogen (secondary N) is 1. The number of methoxy groups -OCH3 is 2. The highest BCUT2D eigenvalue weighted by molar-refractivity contribution is 6.37. The molecule has 0 unspecified atom stereocenters. The molecule has 0 aliphatic carbocycles. The summed E-state index contributed by atoms with van der Waals surface area (Å²) in [6.07, 6.45) is 2.32. The Kier molecular flexibility index (Phi) is 9.69. The molecule has 0 spiro atoms. The minimum Gasteiger partial charge on any atom is -0.495 e. The highest BCUT2D eigenvalue weighted by Gasteiger charge is 2.29. The average molecular weight is 601 g/mol. The number of hydrogen-bond donors (Lipinski definition) is 1. The third-order valence-electron chi connectivity index (χ3n) is 6.95. The Labute approximate surface area is 250 Å². The number of benzene rings is 2. The van der Waals surface area contributed by atoms with Gasteiger partial charge in [-0.25, -0.2) is 0 Å². The minimum absolute atomic E-state index is 0.203. The summed E-state index contributed by atoms with van der Waals surface area (Å²) in [6, 6.07) is 9.05. The summed E-state index contributed by atoms with van der Waals surface area (Å²) >= 11 is 12.6. The number of pyridine rings is 1. The van der Waals surface area contributed by atoms with Gasteiger partial charge in [-0.3, -0.25) is 14.7 Å². The van der Waals surface area contributed by atoms with Crippen LogP contribution in [0.4, 0.5) is 11.4 Å². The number of fused-ring (bicyclic) bond motifs is 1. The van der Waals surface area contributed by atoms with Crippen LogP contribution in [-0.2, 0) is 4.79 Å². The zero-order chi connectivity index (χ0) is 29.7. The number of rotatable bonds is 9. The van der Waals surface area contributed by atoms with Crippen LogP contribution in [0.2, 0.25) is 10.0 Å². The van der Waals surface area contributed by atoms with E-state index in [1.807, 2.05) is 25.7 Å². The zero-order valence-electron chi connectivity index (χ0n) is 24.0. The van der Waals surface area contributed by atoms with Crippen LogP contribution in [0.1, 0.15) is 32.8 Å². The van der Waals surface area contributed by atoms with Gasteiger partial charge in [-0.1, -0.05) is 44.0 Å². The zero-order valence-corrected chi connectivity index (χ0v) is 25.5. The number of carbonyl (C=O) groups is 1. The number of hydrogen-bond acceptors (Lipinski definition) is 8. The molecule has 0 saturated carbocycles. The summed E-state index contributed by atoms with van der Waals surface area (Å²) in [5, 5.41) is 14.5. The molecule has 1 fully saturated rings. The van der Waals surface area contributed by atoms with Gasteiger partial charge in [0.05, 0.1) is 53.3 Å². The smallest absolute Gasteiger partial charge is 0.228 e. The minimum atomic E-state index is -0.354. The number of piperazine rings is 1. The Morgan fingerprint density at radius 2 is 1.73 bits per heavy atom. The molecule has 1 N–H and O–H groups in total. The molecule has 0 atom stereocenters. The summed E-state index contributed by atoms with van der Waals surface area (Å²) < 4.78 is 17.1. The summed E-state index contributed by atoms with van der Waals surface area (Å²) in [4.78, 5) is 21.3. The molecule has 1 aliphatic heterocycles. The fourth-order valence-corrected chi connectivity index (χ4v) is 5.23. The molecule has 1 aromatic heterocycles. The lowest BCUT2D eigenvalue weighted by Gasteiger charge is -2.37. The number of ether oxygens (including phenoxy) is 3. The maximum atomic E-state index is 12.5. The highest BCUT2D eigenvalue weighted by atomic mass is 35.5. The number of anilines is 2. The number of nitrogens with zero attached hydrogens (tertiary/aromatic N) is 4. The van der Waals surface area contributed by atoms with Gasteiger partial charge in [0.15, 0.2) is 11.5 Å². The van der Waals surface area contributed by atoms with E-state index in [1.54, 1.807) is 31.4 Å². The Morgan fingerprint density at radius 1 is 1.02 bits per heavy atom. The summed E-state index contributed by atoms with van der Waals surface area (Å²) in [6.45, 7) is 10.4. The van der Waals surface area contributed by atoms with Crippen molar-refractivity contribution in [3.05, 3.63) is 46.1 Å². The maximum absolute atomic E-state index is 12.5. The topological polar surface area (TPSA) is 100.0 Å². The van der Waals surface area contributed by atoms with E-state index in [2.05, 4.69) is 21.3 Å². The normalized spacial score (nSPS) is 14.0. The molecule has 9 nitrogen and oxygen atoms in total. The predicted molar refractivity (Wildman–Crippen MR) is 162 cm³/mol. The molecule has 0 radical (unpaired) electrons. The van der Waals surface area contributed by atoms with Gasteiger partial charge in [0.1, 0.15) is 11.8 Å². The molecule has 218 valence electrons. The van der Waals surface area contributed by atoms with Crippen molar-refractivity contribution in [2.45, 2.75) is 27.2 Å². The summed E-state index contributed by atoms with van der Waals surface area (Å²) in [5.41, 5.74) is 1.66. The van der Waals surface area contributed by atoms with Crippen LogP contribution in [0.5, 0.6) is 17.2 Å². The second kappa shape index (κ2) is 13.0. The van der Waals surface area contributed by atoms with Crippen LogP contribution in [0.3, 0.4) is 0 Å². The van der Waals surface area contributed by atoms with E-state index < -0.39 is 0 Å². The molecule has 41 heavy (non-hydrogen) atoms. The Hall–Kier alpha value is -3.45. The van der Waals surface area contributed by atoms with Crippen molar-refractivity contribution in [3.63, 3.8) is 0 Å². The van der Waals surface area contributed by atoms with Crippen molar-refractivity contribution in [3.8, 4) is 23.3 Å². The van der Waals surface area contributed by atoms with E-state index in [0.29, 0.717) is 61.7 Å². The summed E-state index contributed by atoms with van der Waals surface area (Å²) in [7, 11) is 3.09. The van der Waals surface area contributed by atoms with Crippen molar-refractivity contribution in [1.82, 2.24) is 14.8 Å². The number of aromatic nitrogens is 1. The SMILES string of the molecule is COc1cc(Nc2c(C#N)cnc3cc(OCCCN4CCN(C(=O)C(C)(C)C)CC4)c(OC)cc23)c(Cl)cc1Cl. The van der Waals surface area contributed by atoms with Crippen molar-refractivity contribution >= 4 is 51.4 Å². The van der Waals surface area contributed by atoms with E-state index in [9.17, 15) is 10.1 Å². The molecular weight excluding hydrogens is 565 g/mol. The maximum Gasteiger partial charge on any atom is 0.228 e. The molecule has 2 aromatic carbocycles. The van der Waals surface area contributed by atoms with Gasteiger partial charge in [0.25, 0.3) is 0 Å². The van der Waals surface area contributed by atoms with E-state index in [1.165, 1.54) is 13.3 Å². The number of carbonyl (C=O) groups excluding carboxylic acids is 1. The fraction of sp³-hybridized carbons (Fsp3) is 0.433. The first-order valence-electron chi connectivity index (χ1n) is 13.4.